The molecule has 1 unspecified atom stereocenters. The number of nitrogens with one attached hydrogen (secondary N) is 1. The molecule has 6 nitrogen and oxygen atoms in total. The number of carbonyl (C=O) groups is 1. The Labute approximate surface area is 99.3 Å². The SMILES string of the molecule is CCOC(=O)c1coc(OC2CCCNC2)n1. The standard InChI is InChI=1S/C11H16N2O4/c1-2-15-10(14)9-7-16-11(13-9)17-8-4-3-5-12-6-8/h7-8,12H,2-6H2,1H3. The van der Waals surface area contributed by atoms with Crippen LogP contribution in [0, 0.1) is 0 Å². The fraction of sp³-hybridized carbons (Fsp3) is 0.636. The third-order valence-corrected chi connectivity index (χ3v) is 2.49. The van der Waals surface area contributed by atoms with Crippen LogP contribution >= 0.6 is 0 Å². The van der Waals surface area contributed by atoms with Crippen LogP contribution in [0.25, 0.3) is 0 Å². The van der Waals surface area contributed by atoms with Gasteiger partial charge in [0.25, 0.3) is 0 Å². The van der Waals surface area contributed by atoms with E-state index in [4.69, 9.17) is 13.9 Å². The molecular formula is C11H16N2O4. The van der Waals surface area contributed by atoms with E-state index in [-0.39, 0.29) is 17.9 Å². The minimum atomic E-state index is -0.493. The number of ether oxygens (including phenoxy) is 2. The summed E-state index contributed by atoms with van der Waals surface area (Å²) in [6.07, 6.45) is 3.46. The van der Waals surface area contributed by atoms with Crippen molar-refractivity contribution in [1.29, 1.82) is 0 Å². The summed E-state index contributed by atoms with van der Waals surface area (Å²) < 4.78 is 15.4. The Morgan fingerprint density at radius 2 is 2.59 bits per heavy atom. The highest BCUT2D eigenvalue weighted by Gasteiger charge is 2.19. The van der Waals surface area contributed by atoms with Crippen molar-refractivity contribution in [1.82, 2.24) is 10.3 Å². The van der Waals surface area contributed by atoms with Gasteiger partial charge < -0.3 is 19.2 Å². The number of hydrogen-bond acceptors (Lipinski definition) is 6. The topological polar surface area (TPSA) is 73.6 Å². The second-order valence-corrected chi connectivity index (χ2v) is 3.81. The molecule has 0 saturated carbocycles. The first-order valence-electron chi connectivity index (χ1n) is 5.79. The second-order valence-electron chi connectivity index (χ2n) is 3.81. The molecule has 1 aliphatic rings. The average molecular weight is 240 g/mol. The molecule has 1 saturated heterocycles. The summed E-state index contributed by atoms with van der Waals surface area (Å²) >= 11 is 0. The number of rotatable bonds is 4. The summed E-state index contributed by atoms with van der Waals surface area (Å²) in [6, 6.07) is 0. The van der Waals surface area contributed by atoms with Gasteiger partial charge in [0.2, 0.25) is 0 Å². The van der Waals surface area contributed by atoms with Gasteiger partial charge >= 0.3 is 12.0 Å². The number of piperidine rings is 1. The molecule has 2 rings (SSSR count). The predicted octanol–water partition coefficient (Wildman–Crippen LogP) is 0.982. The van der Waals surface area contributed by atoms with Crippen molar-refractivity contribution in [3.8, 4) is 6.08 Å². The smallest absolute Gasteiger partial charge is 0.394 e. The number of carbonyl (C=O) groups excluding carboxylic acids is 1. The molecular weight excluding hydrogens is 224 g/mol. The predicted molar refractivity (Wildman–Crippen MR) is 59.0 cm³/mol. The lowest BCUT2D eigenvalue weighted by molar-refractivity contribution is 0.0518. The first-order valence-corrected chi connectivity index (χ1v) is 5.79. The van der Waals surface area contributed by atoms with E-state index in [1.54, 1.807) is 6.92 Å². The van der Waals surface area contributed by atoms with Crippen LogP contribution in [0.4, 0.5) is 0 Å². The average Bonchev–Trinajstić information content (AvgIpc) is 2.79. The number of esters is 1. The third-order valence-electron chi connectivity index (χ3n) is 2.49. The Morgan fingerprint density at radius 1 is 1.71 bits per heavy atom. The summed E-state index contributed by atoms with van der Waals surface area (Å²) in [5.41, 5.74) is 0.144. The van der Waals surface area contributed by atoms with Crippen molar-refractivity contribution in [2.45, 2.75) is 25.9 Å². The van der Waals surface area contributed by atoms with Crippen molar-refractivity contribution in [2.75, 3.05) is 19.7 Å². The summed E-state index contributed by atoms with van der Waals surface area (Å²) in [6.45, 7) is 3.84. The molecule has 1 N–H and O–H groups in total. The summed E-state index contributed by atoms with van der Waals surface area (Å²) in [5.74, 6) is -0.493. The zero-order valence-electron chi connectivity index (χ0n) is 9.77. The largest absolute Gasteiger partial charge is 0.461 e. The van der Waals surface area contributed by atoms with E-state index in [0.717, 1.165) is 25.9 Å². The molecule has 0 bridgehead atoms. The Kier molecular flexibility index (Phi) is 3.98. The van der Waals surface area contributed by atoms with Crippen LogP contribution in [-0.2, 0) is 4.74 Å². The Morgan fingerprint density at radius 3 is 3.29 bits per heavy atom. The number of oxazole rings is 1. The lowest BCUT2D eigenvalue weighted by atomic mass is 10.1. The van der Waals surface area contributed by atoms with E-state index in [0.29, 0.717) is 6.61 Å². The first kappa shape index (κ1) is 11.9. The molecule has 0 spiro atoms. The molecule has 0 aliphatic carbocycles. The molecule has 1 aliphatic heterocycles. The molecule has 0 aromatic carbocycles. The normalized spacial score (nSPS) is 19.9. The molecule has 17 heavy (non-hydrogen) atoms. The monoisotopic (exact) mass is 240 g/mol. The Bertz CT molecular complexity index is 371. The summed E-state index contributed by atoms with van der Waals surface area (Å²) in [7, 11) is 0. The minimum absolute atomic E-state index is 0.0532. The molecule has 0 radical (unpaired) electrons. The van der Waals surface area contributed by atoms with Crippen LogP contribution in [0.3, 0.4) is 0 Å². The lowest BCUT2D eigenvalue weighted by Crippen LogP contribution is -2.37. The second kappa shape index (κ2) is 5.67. The van der Waals surface area contributed by atoms with Crippen molar-refractivity contribution >= 4 is 5.97 Å². The maximum Gasteiger partial charge on any atom is 0.394 e. The molecule has 1 aromatic heterocycles. The third kappa shape index (κ3) is 3.20. The number of hydrogen-bond donors (Lipinski definition) is 1. The van der Waals surface area contributed by atoms with Crippen LogP contribution in [-0.4, -0.2) is 36.8 Å². The van der Waals surface area contributed by atoms with Crippen LogP contribution in [0.5, 0.6) is 6.08 Å². The van der Waals surface area contributed by atoms with Gasteiger partial charge in [-0.3, -0.25) is 0 Å². The Balaban J connectivity index is 1.91. The van der Waals surface area contributed by atoms with Gasteiger partial charge in [-0.2, -0.15) is 4.98 Å². The maximum absolute atomic E-state index is 11.3. The van der Waals surface area contributed by atoms with Crippen molar-refractivity contribution in [3.63, 3.8) is 0 Å². The van der Waals surface area contributed by atoms with E-state index >= 15 is 0 Å². The molecule has 6 heteroatoms. The molecule has 1 atom stereocenters. The van der Waals surface area contributed by atoms with Crippen LogP contribution in [0.2, 0.25) is 0 Å². The highest BCUT2D eigenvalue weighted by atomic mass is 16.6. The van der Waals surface area contributed by atoms with E-state index in [9.17, 15) is 4.79 Å². The van der Waals surface area contributed by atoms with Gasteiger partial charge in [0.1, 0.15) is 12.4 Å². The van der Waals surface area contributed by atoms with Crippen molar-refractivity contribution < 1.29 is 18.7 Å². The Hall–Kier alpha value is -1.56. The zero-order chi connectivity index (χ0) is 12.1. The lowest BCUT2D eigenvalue weighted by Gasteiger charge is -2.21. The van der Waals surface area contributed by atoms with E-state index in [2.05, 4.69) is 10.3 Å². The molecule has 94 valence electrons. The van der Waals surface area contributed by atoms with Gasteiger partial charge in [-0.05, 0) is 26.3 Å². The fourth-order valence-electron chi connectivity index (χ4n) is 1.67. The molecule has 1 fully saturated rings. The minimum Gasteiger partial charge on any atom is -0.461 e. The number of aromatic nitrogens is 1. The highest BCUT2D eigenvalue weighted by Crippen LogP contribution is 2.15. The van der Waals surface area contributed by atoms with E-state index in [1.807, 2.05) is 0 Å². The van der Waals surface area contributed by atoms with Gasteiger partial charge in [0.15, 0.2) is 5.69 Å². The first-order chi connectivity index (χ1) is 8.29. The van der Waals surface area contributed by atoms with E-state index in [1.165, 1.54) is 6.26 Å². The quantitative estimate of drug-likeness (QED) is 0.791. The molecule has 2 heterocycles. The highest BCUT2D eigenvalue weighted by molar-refractivity contribution is 5.86. The van der Waals surface area contributed by atoms with Gasteiger partial charge in [-0.25, -0.2) is 4.79 Å². The van der Waals surface area contributed by atoms with Gasteiger partial charge in [0, 0.05) is 6.54 Å². The van der Waals surface area contributed by atoms with Crippen LogP contribution in [0.1, 0.15) is 30.3 Å². The van der Waals surface area contributed by atoms with Gasteiger partial charge in [0.05, 0.1) is 6.61 Å². The molecule has 1 aromatic rings. The fourth-order valence-corrected chi connectivity index (χ4v) is 1.67. The summed E-state index contributed by atoms with van der Waals surface area (Å²) in [4.78, 5) is 15.3. The summed E-state index contributed by atoms with van der Waals surface area (Å²) in [5, 5.41) is 3.22. The number of nitrogens with zero attached hydrogens (tertiary/aromatic N) is 1. The zero-order valence-corrected chi connectivity index (χ0v) is 9.77. The van der Waals surface area contributed by atoms with E-state index < -0.39 is 5.97 Å². The maximum atomic E-state index is 11.3. The van der Waals surface area contributed by atoms with Crippen LogP contribution in [0.15, 0.2) is 10.7 Å². The van der Waals surface area contributed by atoms with Crippen molar-refractivity contribution in [3.05, 3.63) is 12.0 Å². The van der Waals surface area contributed by atoms with Crippen LogP contribution < -0.4 is 10.1 Å². The van der Waals surface area contributed by atoms with Gasteiger partial charge in [-0.15, -0.1) is 0 Å². The molecule has 0 amide bonds. The van der Waals surface area contributed by atoms with Gasteiger partial charge in [-0.1, -0.05) is 0 Å². The van der Waals surface area contributed by atoms with Crippen molar-refractivity contribution in [2.24, 2.45) is 0 Å².